The molecule has 2 rings (SSSR count). The summed E-state index contributed by atoms with van der Waals surface area (Å²) < 4.78 is 0. The topological polar surface area (TPSA) is 16.1 Å². The predicted molar refractivity (Wildman–Crippen MR) is 60.5 cm³/mol. The van der Waals surface area contributed by atoms with E-state index >= 15 is 0 Å². The summed E-state index contributed by atoms with van der Waals surface area (Å²) in [5.74, 6) is 0.900. The first kappa shape index (κ1) is 9.49. The normalized spacial score (nSPS) is 10.1. The Balaban J connectivity index is 2.28. The summed E-state index contributed by atoms with van der Waals surface area (Å²) >= 11 is 7.26. The third-order valence-electron chi connectivity index (χ3n) is 1.93. The molecule has 0 atom stereocenters. The summed E-state index contributed by atoms with van der Waals surface area (Å²) in [6.45, 7) is 0. The van der Waals surface area contributed by atoms with Crippen LogP contribution in [0.4, 0.5) is 11.5 Å². The summed E-state index contributed by atoms with van der Waals surface area (Å²) in [6.07, 6.45) is 0. The average Bonchev–Trinajstić information content (AvgIpc) is 2.71. The van der Waals surface area contributed by atoms with Gasteiger partial charge >= 0.3 is 0 Å². The van der Waals surface area contributed by atoms with Crippen molar-refractivity contribution in [1.82, 2.24) is 4.98 Å². The molecule has 0 fully saturated rings. The Morgan fingerprint density at radius 1 is 1.36 bits per heavy atom. The average molecular weight is 224 g/mol. The van der Waals surface area contributed by atoms with Gasteiger partial charge in [-0.2, -0.15) is 0 Å². The molecule has 0 aliphatic carbocycles. The van der Waals surface area contributed by atoms with Gasteiger partial charge in [0.25, 0.3) is 0 Å². The number of thiazole rings is 1. The van der Waals surface area contributed by atoms with Crippen LogP contribution < -0.4 is 4.90 Å². The highest BCUT2D eigenvalue weighted by Crippen LogP contribution is 2.23. The van der Waals surface area contributed by atoms with E-state index in [4.69, 9.17) is 11.6 Å². The first-order valence-electron chi connectivity index (χ1n) is 4.08. The summed E-state index contributed by atoms with van der Waals surface area (Å²) in [5, 5.41) is 2.70. The van der Waals surface area contributed by atoms with Gasteiger partial charge in [-0.15, -0.1) is 11.3 Å². The number of benzene rings is 1. The second kappa shape index (κ2) is 3.98. The molecule has 1 aromatic carbocycles. The van der Waals surface area contributed by atoms with Gasteiger partial charge in [-0.3, -0.25) is 0 Å². The molecule has 0 saturated carbocycles. The van der Waals surface area contributed by atoms with E-state index in [2.05, 4.69) is 10.5 Å². The number of anilines is 2. The van der Waals surface area contributed by atoms with Crippen LogP contribution >= 0.6 is 22.9 Å². The van der Waals surface area contributed by atoms with Gasteiger partial charge in [0.05, 0.1) is 0 Å². The molecule has 0 unspecified atom stereocenters. The van der Waals surface area contributed by atoms with Crippen LogP contribution in [0.5, 0.6) is 0 Å². The van der Waals surface area contributed by atoms with Gasteiger partial charge in [0.1, 0.15) is 5.82 Å². The lowest BCUT2D eigenvalue weighted by Crippen LogP contribution is -2.09. The maximum absolute atomic E-state index is 5.80. The van der Waals surface area contributed by atoms with E-state index in [1.165, 1.54) is 11.3 Å². The molecular formula is C10H8ClN2S. The first-order valence-corrected chi connectivity index (χ1v) is 5.34. The van der Waals surface area contributed by atoms with Crippen molar-refractivity contribution in [2.75, 3.05) is 11.9 Å². The molecule has 1 radical (unpaired) electrons. The number of halogens is 1. The summed E-state index contributed by atoms with van der Waals surface area (Å²) in [7, 11) is 1.96. The van der Waals surface area contributed by atoms with Crippen LogP contribution in [0.2, 0.25) is 5.02 Å². The van der Waals surface area contributed by atoms with Gasteiger partial charge in [-0.1, -0.05) is 11.6 Å². The first-order chi connectivity index (χ1) is 6.77. The van der Waals surface area contributed by atoms with Crippen LogP contribution in [-0.2, 0) is 0 Å². The van der Waals surface area contributed by atoms with E-state index in [9.17, 15) is 0 Å². The van der Waals surface area contributed by atoms with Crippen molar-refractivity contribution in [2.45, 2.75) is 0 Å². The SMILES string of the molecule is CN(c1ccc(Cl)cc1)c1cs[c]n1. The van der Waals surface area contributed by atoms with E-state index < -0.39 is 0 Å². The molecule has 71 valence electrons. The molecule has 14 heavy (non-hydrogen) atoms. The Bertz CT molecular complexity index is 397. The van der Waals surface area contributed by atoms with E-state index in [-0.39, 0.29) is 0 Å². The molecule has 0 aliphatic heterocycles. The molecule has 2 aromatic rings. The van der Waals surface area contributed by atoms with Crippen molar-refractivity contribution >= 4 is 34.4 Å². The van der Waals surface area contributed by atoms with Gasteiger partial charge in [-0.25, -0.2) is 4.98 Å². The van der Waals surface area contributed by atoms with Crippen molar-refractivity contribution in [1.29, 1.82) is 0 Å². The Morgan fingerprint density at radius 3 is 2.64 bits per heavy atom. The van der Waals surface area contributed by atoms with Crippen LogP contribution in [0.1, 0.15) is 0 Å². The highest BCUT2D eigenvalue weighted by molar-refractivity contribution is 7.07. The lowest BCUT2D eigenvalue weighted by atomic mass is 10.3. The van der Waals surface area contributed by atoms with Crippen LogP contribution in [-0.4, -0.2) is 12.0 Å². The van der Waals surface area contributed by atoms with Crippen molar-refractivity contribution in [3.63, 3.8) is 0 Å². The zero-order valence-electron chi connectivity index (χ0n) is 7.57. The fourth-order valence-electron chi connectivity index (χ4n) is 1.13. The molecule has 2 nitrogen and oxygen atoms in total. The summed E-state index contributed by atoms with van der Waals surface area (Å²) in [5.41, 5.74) is 3.88. The fraction of sp³-hybridized carbons (Fsp3) is 0.100. The maximum atomic E-state index is 5.80. The summed E-state index contributed by atoms with van der Waals surface area (Å²) in [4.78, 5) is 6.09. The van der Waals surface area contributed by atoms with Crippen molar-refractivity contribution in [3.05, 3.63) is 40.2 Å². The predicted octanol–water partition coefficient (Wildman–Crippen LogP) is 3.36. The Morgan fingerprint density at radius 2 is 2.07 bits per heavy atom. The number of nitrogens with zero attached hydrogens (tertiary/aromatic N) is 2. The molecule has 0 amide bonds. The van der Waals surface area contributed by atoms with Gasteiger partial charge < -0.3 is 4.90 Å². The number of hydrogen-bond acceptors (Lipinski definition) is 3. The minimum absolute atomic E-state index is 0.743. The Hall–Kier alpha value is -1.06. The van der Waals surface area contributed by atoms with Crippen LogP contribution in [0.15, 0.2) is 29.6 Å². The second-order valence-electron chi connectivity index (χ2n) is 2.83. The molecule has 0 saturated heterocycles. The fourth-order valence-corrected chi connectivity index (χ4v) is 1.77. The molecule has 1 heterocycles. The highest BCUT2D eigenvalue weighted by Gasteiger charge is 2.04. The minimum Gasteiger partial charge on any atom is -0.329 e. The molecule has 1 aromatic heterocycles. The van der Waals surface area contributed by atoms with Gasteiger partial charge in [0, 0.05) is 23.1 Å². The molecule has 4 heteroatoms. The van der Waals surface area contributed by atoms with Gasteiger partial charge in [0.15, 0.2) is 5.51 Å². The van der Waals surface area contributed by atoms with E-state index in [0.717, 1.165) is 16.5 Å². The maximum Gasteiger partial charge on any atom is 0.154 e. The third kappa shape index (κ3) is 1.89. The lowest BCUT2D eigenvalue weighted by molar-refractivity contribution is 1.15. The van der Waals surface area contributed by atoms with Crippen molar-refractivity contribution in [3.8, 4) is 0 Å². The minimum atomic E-state index is 0.743. The van der Waals surface area contributed by atoms with E-state index in [0.29, 0.717) is 0 Å². The lowest BCUT2D eigenvalue weighted by Gasteiger charge is -2.15. The summed E-state index contributed by atoms with van der Waals surface area (Å²) in [6, 6.07) is 7.65. The molecule has 0 N–H and O–H groups in total. The zero-order chi connectivity index (χ0) is 9.97. The second-order valence-corrected chi connectivity index (χ2v) is 3.92. The van der Waals surface area contributed by atoms with Crippen molar-refractivity contribution < 1.29 is 0 Å². The van der Waals surface area contributed by atoms with Gasteiger partial charge in [0.2, 0.25) is 0 Å². The van der Waals surface area contributed by atoms with E-state index in [1.807, 2.05) is 41.6 Å². The molecular weight excluding hydrogens is 216 g/mol. The largest absolute Gasteiger partial charge is 0.329 e. The van der Waals surface area contributed by atoms with Crippen LogP contribution in [0.25, 0.3) is 0 Å². The molecule has 0 bridgehead atoms. The Kier molecular flexibility index (Phi) is 2.70. The zero-order valence-corrected chi connectivity index (χ0v) is 9.14. The standard InChI is InChI=1S/C10H8ClN2S/c1-13(10-6-14-7-12-10)9-4-2-8(11)3-5-9/h2-6H,1H3. The van der Waals surface area contributed by atoms with Gasteiger partial charge in [-0.05, 0) is 24.3 Å². The number of rotatable bonds is 2. The van der Waals surface area contributed by atoms with Crippen molar-refractivity contribution in [2.24, 2.45) is 0 Å². The number of hydrogen-bond donors (Lipinski definition) is 0. The van der Waals surface area contributed by atoms with Crippen LogP contribution in [0.3, 0.4) is 0 Å². The third-order valence-corrected chi connectivity index (χ3v) is 2.71. The molecule has 0 spiro atoms. The monoisotopic (exact) mass is 223 g/mol. The quantitative estimate of drug-likeness (QED) is 0.776. The number of aromatic nitrogens is 1. The smallest absolute Gasteiger partial charge is 0.154 e. The van der Waals surface area contributed by atoms with Crippen LogP contribution in [0, 0.1) is 5.51 Å². The Labute approximate surface area is 91.8 Å². The highest BCUT2D eigenvalue weighted by atomic mass is 35.5. The van der Waals surface area contributed by atoms with E-state index in [1.54, 1.807) is 0 Å². The molecule has 0 aliphatic rings.